The molecule has 0 atom stereocenters. The lowest BCUT2D eigenvalue weighted by Gasteiger charge is -2.03. The van der Waals surface area contributed by atoms with Gasteiger partial charge < -0.3 is 16.4 Å². The standard InChI is InChI=1S/C12H15N5OS/c1-2-15-12-17-10(13)9(19-12)11(18)16-7-8-4-3-5-14-6-8/h3-6H,2,7,13H2,1H3,(H,15,17)(H,16,18). The van der Waals surface area contributed by atoms with Gasteiger partial charge in [-0.05, 0) is 18.6 Å². The van der Waals surface area contributed by atoms with Crippen LogP contribution in [0.1, 0.15) is 22.2 Å². The first-order chi connectivity index (χ1) is 9.20. The molecule has 0 bridgehead atoms. The molecule has 0 saturated heterocycles. The van der Waals surface area contributed by atoms with Gasteiger partial charge in [0, 0.05) is 25.5 Å². The van der Waals surface area contributed by atoms with Crippen LogP contribution in [-0.4, -0.2) is 22.4 Å². The summed E-state index contributed by atoms with van der Waals surface area (Å²) in [5, 5.41) is 6.49. The highest BCUT2D eigenvalue weighted by atomic mass is 32.1. The van der Waals surface area contributed by atoms with Gasteiger partial charge in [0.25, 0.3) is 5.91 Å². The van der Waals surface area contributed by atoms with Gasteiger partial charge in [-0.1, -0.05) is 17.4 Å². The van der Waals surface area contributed by atoms with Crippen LogP contribution in [0.5, 0.6) is 0 Å². The van der Waals surface area contributed by atoms with E-state index in [4.69, 9.17) is 5.73 Å². The highest BCUT2D eigenvalue weighted by molar-refractivity contribution is 7.18. The fourth-order valence-electron chi connectivity index (χ4n) is 1.49. The summed E-state index contributed by atoms with van der Waals surface area (Å²) in [4.78, 5) is 20.5. The number of carbonyl (C=O) groups excluding carboxylic acids is 1. The van der Waals surface area contributed by atoms with Crippen LogP contribution >= 0.6 is 11.3 Å². The maximum atomic E-state index is 12.0. The van der Waals surface area contributed by atoms with Gasteiger partial charge >= 0.3 is 0 Å². The molecule has 0 fully saturated rings. The molecule has 2 rings (SSSR count). The Morgan fingerprint density at radius 1 is 1.53 bits per heavy atom. The minimum absolute atomic E-state index is 0.219. The first-order valence-corrected chi connectivity index (χ1v) is 6.69. The number of nitrogens with one attached hydrogen (secondary N) is 2. The van der Waals surface area contributed by atoms with Crippen LogP contribution in [0.4, 0.5) is 10.9 Å². The Labute approximate surface area is 115 Å². The van der Waals surface area contributed by atoms with Crippen LogP contribution in [-0.2, 0) is 6.54 Å². The van der Waals surface area contributed by atoms with Gasteiger partial charge in [-0.3, -0.25) is 9.78 Å². The Kier molecular flexibility index (Phi) is 4.30. The van der Waals surface area contributed by atoms with Gasteiger partial charge in [0.05, 0.1) is 0 Å². The van der Waals surface area contributed by atoms with E-state index in [2.05, 4.69) is 20.6 Å². The fourth-order valence-corrected chi connectivity index (χ4v) is 2.36. The molecule has 0 unspecified atom stereocenters. The van der Waals surface area contributed by atoms with Crippen molar-refractivity contribution in [1.29, 1.82) is 0 Å². The zero-order valence-electron chi connectivity index (χ0n) is 10.5. The molecule has 0 spiro atoms. The van der Waals surface area contributed by atoms with Crippen LogP contribution < -0.4 is 16.4 Å². The summed E-state index contributed by atoms with van der Waals surface area (Å²) in [6.45, 7) is 3.12. The Morgan fingerprint density at radius 2 is 2.37 bits per heavy atom. The average Bonchev–Trinajstić information content (AvgIpc) is 2.79. The summed E-state index contributed by atoms with van der Waals surface area (Å²) in [7, 11) is 0. The lowest BCUT2D eigenvalue weighted by atomic mass is 10.3. The van der Waals surface area contributed by atoms with Gasteiger partial charge in [-0.15, -0.1) is 0 Å². The third-order valence-corrected chi connectivity index (χ3v) is 3.39. The number of rotatable bonds is 5. The Balaban J connectivity index is 2.00. The van der Waals surface area contributed by atoms with Gasteiger partial charge in [0.2, 0.25) is 0 Å². The first kappa shape index (κ1) is 13.3. The van der Waals surface area contributed by atoms with Crippen LogP contribution in [0, 0.1) is 0 Å². The molecule has 2 aromatic heterocycles. The fraction of sp³-hybridized carbons (Fsp3) is 0.250. The Morgan fingerprint density at radius 3 is 3.05 bits per heavy atom. The van der Waals surface area contributed by atoms with Crippen molar-refractivity contribution < 1.29 is 4.79 Å². The minimum Gasteiger partial charge on any atom is -0.382 e. The maximum Gasteiger partial charge on any atom is 0.265 e. The lowest BCUT2D eigenvalue weighted by Crippen LogP contribution is -2.22. The highest BCUT2D eigenvalue weighted by Crippen LogP contribution is 2.24. The maximum absolute atomic E-state index is 12.0. The summed E-state index contributed by atoms with van der Waals surface area (Å²) >= 11 is 1.25. The minimum atomic E-state index is -0.219. The van der Waals surface area contributed by atoms with Crippen LogP contribution in [0.15, 0.2) is 24.5 Å². The Bertz CT molecular complexity index is 555. The van der Waals surface area contributed by atoms with Crippen LogP contribution in [0.25, 0.3) is 0 Å². The number of hydrogen-bond acceptors (Lipinski definition) is 6. The molecule has 0 radical (unpaired) electrons. The molecule has 0 saturated carbocycles. The van der Waals surface area contributed by atoms with Crippen molar-refractivity contribution in [3.63, 3.8) is 0 Å². The number of amides is 1. The van der Waals surface area contributed by atoms with Crippen molar-refractivity contribution in [2.45, 2.75) is 13.5 Å². The van der Waals surface area contributed by atoms with Gasteiger partial charge in [-0.25, -0.2) is 4.98 Å². The van der Waals surface area contributed by atoms with E-state index in [1.807, 2.05) is 19.1 Å². The second kappa shape index (κ2) is 6.14. The molecule has 6 nitrogen and oxygen atoms in total. The van der Waals surface area contributed by atoms with E-state index in [-0.39, 0.29) is 11.7 Å². The quantitative estimate of drug-likeness (QED) is 0.770. The zero-order valence-corrected chi connectivity index (χ0v) is 11.3. The smallest absolute Gasteiger partial charge is 0.265 e. The van der Waals surface area contributed by atoms with E-state index in [1.165, 1.54) is 11.3 Å². The van der Waals surface area contributed by atoms with Crippen LogP contribution in [0.2, 0.25) is 0 Å². The molecular formula is C12H15N5OS. The topological polar surface area (TPSA) is 92.9 Å². The van der Waals surface area contributed by atoms with Crippen molar-refractivity contribution in [3.05, 3.63) is 35.0 Å². The number of carbonyl (C=O) groups is 1. The zero-order chi connectivity index (χ0) is 13.7. The molecule has 4 N–H and O–H groups in total. The van der Waals surface area contributed by atoms with Crippen molar-refractivity contribution in [2.24, 2.45) is 0 Å². The predicted octanol–water partition coefficient (Wildman–Crippen LogP) is 1.48. The van der Waals surface area contributed by atoms with Crippen molar-refractivity contribution in [3.8, 4) is 0 Å². The van der Waals surface area contributed by atoms with Crippen molar-refractivity contribution in [1.82, 2.24) is 15.3 Å². The van der Waals surface area contributed by atoms with Gasteiger partial charge in [0.1, 0.15) is 10.7 Å². The molecule has 0 aromatic carbocycles. The summed E-state index contributed by atoms with van der Waals surface area (Å²) in [6, 6.07) is 3.72. The summed E-state index contributed by atoms with van der Waals surface area (Å²) < 4.78 is 0. The molecule has 0 aliphatic carbocycles. The normalized spacial score (nSPS) is 10.2. The summed E-state index contributed by atoms with van der Waals surface area (Å²) in [5.74, 6) is 0.0349. The predicted molar refractivity (Wildman–Crippen MR) is 76.1 cm³/mol. The molecule has 100 valence electrons. The first-order valence-electron chi connectivity index (χ1n) is 5.88. The summed E-state index contributed by atoms with van der Waals surface area (Å²) in [6.07, 6.45) is 3.40. The second-order valence-corrected chi connectivity index (χ2v) is 4.81. The molecule has 0 aliphatic rings. The summed E-state index contributed by atoms with van der Waals surface area (Å²) in [5.41, 5.74) is 6.66. The number of nitrogens with zero attached hydrogens (tertiary/aromatic N) is 2. The molecule has 2 heterocycles. The molecule has 19 heavy (non-hydrogen) atoms. The average molecular weight is 277 g/mol. The largest absolute Gasteiger partial charge is 0.382 e. The Hall–Kier alpha value is -2.15. The second-order valence-electron chi connectivity index (χ2n) is 3.81. The van der Waals surface area contributed by atoms with Gasteiger partial charge in [0.15, 0.2) is 5.13 Å². The van der Waals surface area contributed by atoms with E-state index < -0.39 is 0 Å². The number of pyridine rings is 1. The highest BCUT2D eigenvalue weighted by Gasteiger charge is 2.15. The van der Waals surface area contributed by atoms with Crippen LogP contribution in [0.3, 0.4) is 0 Å². The molecule has 1 amide bonds. The SMILES string of the molecule is CCNc1nc(N)c(C(=O)NCc2cccnc2)s1. The molecular weight excluding hydrogens is 262 g/mol. The van der Waals surface area contributed by atoms with Gasteiger partial charge in [-0.2, -0.15) is 0 Å². The molecule has 2 aromatic rings. The van der Waals surface area contributed by atoms with E-state index in [1.54, 1.807) is 12.4 Å². The van der Waals surface area contributed by atoms with Crippen molar-refractivity contribution >= 4 is 28.2 Å². The number of hydrogen-bond donors (Lipinski definition) is 3. The molecule has 0 aliphatic heterocycles. The number of aromatic nitrogens is 2. The van der Waals surface area contributed by atoms with Crippen molar-refractivity contribution in [2.75, 3.05) is 17.6 Å². The third kappa shape index (κ3) is 3.41. The van der Waals surface area contributed by atoms with E-state index in [0.29, 0.717) is 16.6 Å². The van der Waals surface area contributed by atoms with E-state index in [0.717, 1.165) is 12.1 Å². The number of nitrogens with two attached hydrogens (primary N) is 1. The number of thiazole rings is 1. The number of nitrogen functional groups attached to an aromatic ring is 1. The van der Waals surface area contributed by atoms with E-state index in [9.17, 15) is 4.79 Å². The molecule has 7 heteroatoms. The third-order valence-electron chi connectivity index (χ3n) is 2.36. The monoisotopic (exact) mass is 277 g/mol. The lowest BCUT2D eigenvalue weighted by molar-refractivity contribution is 0.0955. The van der Waals surface area contributed by atoms with E-state index >= 15 is 0 Å². The number of anilines is 2.